The topological polar surface area (TPSA) is 62.4 Å². The standard InChI is InChI=1S/C19H24F3N5O2/c1-12-10-16(28)26(9-5-8-25(2)3)24-18(12)13-6-7-17(29-4)27-14(13)11-15(23-27)19(20,21)22/h6-7,11-12H,5,8-10H2,1-4H3. The minimum absolute atomic E-state index is 0.0889. The first-order valence-corrected chi connectivity index (χ1v) is 9.29. The van der Waals surface area contributed by atoms with Crippen molar-refractivity contribution >= 4 is 17.1 Å². The van der Waals surface area contributed by atoms with Crippen LogP contribution in [0.15, 0.2) is 23.3 Å². The molecule has 2 aromatic heterocycles. The van der Waals surface area contributed by atoms with Crippen LogP contribution in [0.5, 0.6) is 5.88 Å². The lowest BCUT2D eigenvalue weighted by molar-refractivity contribution is -0.141. The second kappa shape index (κ2) is 8.02. The summed E-state index contributed by atoms with van der Waals surface area (Å²) < 4.78 is 46.0. The first-order valence-electron chi connectivity index (χ1n) is 9.29. The number of nitrogens with zero attached hydrogens (tertiary/aromatic N) is 5. The van der Waals surface area contributed by atoms with Crippen LogP contribution in [-0.4, -0.2) is 65.4 Å². The largest absolute Gasteiger partial charge is 0.481 e. The fourth-order valence-electron chi connectivity index (χ4n) is 3.34. The zero-order chi connectivity index (χ0) is 21.3. The van der Waals surface area contributed by atoms with Gasteiger partial charge in [0.25, 0.3) is 0 Å². The minimum Gasteiger partial charge on any atom is -0.481 e. The van der Waals surface area contributed by atoms with E-state index in [1.807, 2.05) is 25.9 Å². The Hall–Kier alpha value is -2.62. The van der Waals surface area contributed by atoms with Crippen molar-refractivity contribution in [3.05, 3.63) is 29.5 Å². The van der Waals surface area contributed by atoms with Gasteiger partial charge < -0.3 is 9.64 Å². The Morgan fingerprint density at radius 2 is 2.03 bits per heavy atom. The van der Waals surface area contributed by atoms with Gasteiger partial charge in [0.15, 0.2) is 5.69 Å². The van der Waals surface area contributed by atoms with E-state index in [4.69, 9.17) is 4.74 Å². The van der Waals surface area contributed by atoms with Gasteiger partial charge in [0.2, 0.25) is 11.8 Å². The Morgan fingerprint density at radius 1 is 1.31 bits per heavy atom. The van der Waals surface area contributed by atoms with Crippen molar-refractivity contribution in [1.29, 1.82) is 0 Å². The third-order valence-corrected chi connectivity index (χ3v) is 4.80. The number of carbonyl (C=O) groups excluding carboxylic acids is 1. The predicted octanol–water partition coefficient (Wildman–Crippen LogP) is 2.89. The zero-order valence-corrected chi connectivity index (χ0v) is 16.8. The van der Waals surface area contributed by atoms with Gasteiger partial charge in [-0.2, -0.15) is 27.9 Å². The molecule has 7 nitrogen and oxygen atoms in total. The van der Waals surface area contributed by atoms with Gasteiger partial charge in [0, 0.05) is 30.5 Å². The van der Waals surface area contributed by atoms with Crippen LogP contribution in [0.4, 0.5) is 13.2 Å². The van der Waals surface area contributed by atoms with E-state index in [1.165, 1.54) is 12.1 Å². The van der Waals surface area contributed by atoms with Crippen molar-refractivity contribution in [2.75, 3.05) is 34.3 Å². The molecule has 1 atom stereocenters. The van der Waals surface area contributed by atoms with Gasteiger partial charge in [0.1, 0.15) is 0 Å². The highest BCUT2D eigenvalue weighted by Gasteiger charge is 2.36. The van der Waals surface area contributed by atoms with E-state index in [0.29, 0.717) is 17.8 Å². The monoisotopic (exact) mass is 411 g/mol. The Balaban J connectivity index is 2.05. The molecule has 0 aromatic carbocycles. The first kappa shape index (κ1) is 21.1. The van der Waals surface area contributed by atoms with Crippen molar-refractivity contribution in [3.63, 3.8) is 0 Å². The van der Waals surface area contributed by atoms with Crippen LogP contribution in [0, 0.1) is 5.92 Å². The third kappa shape index (κ3) is 4.36. The number of halogens is 3. The third-order valence-electron chi connectivity index (χ3n) is 4.80. The smallest absolute Gasteiger partial charge is 0.435 e. The van der Waals surface area contributed by atoms with E-state index < -0.39 is 11.9 Å². The number of fused-ring (bicyclic) bond motifs is 1. The second-order valence-electron chi connectivity index (χ2n) is 7.38. The second-order valence-corrected chi connectivity index (χ2v) is 7.38. The number of methoxy groups -OCH3 is 1. The van der Waals surface area contributed by atoms with Crippen molar-refractivity contribution in [1.82, 2.24) is 19.5 Å². The average molecular weight is 411 g/mol. The van der Waals surface area contributed by atoms with E-state index in [1.54, 1.807) is 12.1 Å². The zero-order valence-electron chi connectivity index (χ0n) is 16.8. The molecule has 10 heteroatoms. The molecule has 0 spiro atoms. The van der Waals surface area contributed by atoms with Crippen molar-refractivity contribution in [3.8, 4) is 5.88 Å². The van der Waals surface area contributed by atoms with Gasteiger partial charge in [-0.1, -0.05) is 6.92 Å². The highest BCUT2D eigenvalue weighted by atomic mass is 19.4. The number of hydrogen-bond acceptors (Lipinski definition) is 5. The summed E-state index contributed by atoms with van der Waals surface area (Å²) in [6.07, 6.45) is -3.59. The lowest BCUT2D eigenvalue weighted by atomic mass is 9.93. The number of pyridine rings is 1. The van der Waals surface area contributed by atoms with Gasteiger partial charge in [-0.25, -0.2) is 5.01 Å². The molecule has 0 aliphatic carbocycles. The molecular formula is C19H24F3N5O2. The van der Waals surface area contributed by atoms with Crippen LogP contribution in [-0.2, 0) is 11.0 Å². The van der Waals surface area contributed by atoms with Gasteiger partial charge in [0.05, 0.1) is 18.3 Å². The summed E-state index contributed by atoms with van der Waals surface area (Å²) in [5.41, 5.74) is 0.304. The fourth-order valence-corrected chi connectivity index (χ4v) is 3.34. The molecule has 1 aliphatic heterocycles. The summed E-state index contributed by atoms with van der Waals surface area (Å²) in [4.78, 5) is 14.4. The highest BCUT2D eigenvalue weighted by Crippen LogP contribution is 2.33. The Bertz CT molecular complexity index is 936. The lowest BCUT2D eigenvalue weighted by Gasteiger charge is -2.28. The van der Waals surface area contributed by atoms with Gasteiger partial charge in [-0.05, 0) is 39.2 Å². The van der Waals surface area contributed by atoms with Crippen molar-refractivity contribution in [2.45, 2.75) is 25.9 Å². The van der Waals surface area contributed by atoms with E-state index >= 15 is 0 Å². The Kier molecular flexibility index (Phi) is 5.83. The summed E-state index contributed by atoms with van der Waals surface area (Å²) in [6.45, 7) is 3.09. The highest BCUT2D eigenvalue weighted by molar-refractivity contribution is 6.10. The number of carbonyl (C=O) groups is 1. The SMILES string of the molecule is COc1ccc(C2=NN(CCCN(C)C)C(=O)CC2C)c2cc(C(F)(F)F)nn12. The summed E-state index contributed by atoms with van der Waals surface area (Å²) >= 11 is 0. The minimum atomic E-state index is -4.58. The maximum Gasteiger partial charge on any atom is 0.435 e. The molecule has 0 bridgehead atoms. The molecule has 0 fully saturated rings. The molecule has 3 rings (SSSR count). The molecule has 158 valence electrons. The molecule has 2 aromatic rings. The molecule has 3 heterocycles. The number of hydrazone groups is 1. The molecule has 1 amide bonds. The van der Waals surface area contributed by atoms with Crippen LogP contribution >= 0.6 is 0 Å². The van der Waals surface area contributed by atoms with Gasteiger partial charge in [-0.15, -0.1) is 0 Å². The van der Waals surface area contributed by atoms with Gasteiger partial charge >= 0.3 is 6.18 Å². The lowest BCUT2D eigenvalue weighted by Crippen LogP contribution is -2.37. The van der Waals surface area contributed by atoms with Gasteiger partial charge in [-0.3, -0.25) is 4.79 Å². The average Bonchev–Trinajstić information content (AvgIpc) is 3.08. The van der Waals surface area contributed by atoms with Crippen LogP contribution in [0.1, 0.15) is 31.0 Å². The maximum absolute atomic E-state index is 13.2. The Labute approximate surface area is 166 Å². The van der Waals surface area contributed by atoms with E-state index in [-0.39, 0.29) is 29.6 Å². The molecule has 0 saturated heterocycles. The summed E-state index contributed by atoms with van der Waals surface area (Å²) in [6, 6.07) is 4.20. The molecule has 29 heavy (non-hydrogen) atoms. The Morgan fingerprint density at radius 3 is 2.66 bits per heavy atom. The quantitative estimate of drug-likeness (QED) is 0.733. The van der Waals surface area contributed by atoms with Crippen LogP contribution in [0.25, 0.3) is 5.52 Å². The number of rotatable bonds is 6. The molecule has 1 unspecified atom stereocenters. The van der Waals surface area contributed by atoms with Crippen LogP contribution in [0.2, 0.25) is 0 Å². The van der Waals surface area contributed by atoms with Crippen molar-refractivity contribution < 1.29 is 22.7 Å². The van der Waals surface area contributed by atoms with E-state index in [9.17, 15) is 18.0 Å². The van der Waals surface area contributed by atoms with E-state index in [0.717, 1.165) is 23.5 Å². The molecule has 0 saturated carbocycles. The molecule has 1 aliphatic rings. The fraction of sp³-hybridized carbons (Fsp3) is 0.526. The molecular weight excluding hydrogens is 387 g/mol. The number of hydrogen-bond donors (Lipinski definition) is 0. The number of amides is 1. The number of alkyl halides is 3. The first-order chi connectivity index (χ1) is 13.6. The molecule has 0 N–H and O–H groups in total. The summed E-state index contributed by atoms with van der Waals surface area (Å²) in [5, 5.41) is 9.59. The summed E-state index contributed by atoms with van der Waals surface area (Å²) in [5.74, 6) is -0.134. The van der Waals surface area contributed by atoms with Crippen molar-refractivity contribution in [2.24, 2.45) is 11.0 Å². The predicted molar refractivity (Wildman–Crippen MR) is 102 cm³/mol. The number of ether oxygens (including phenoxy) is 1. The number of aromatic nitrogens is 2. The molecule has 0 radical (unpaired) electrons. The normalized spacial score (nSPS) is 17.9. The van der Waals surface area contributed by atoms with E-state index in [2.05, 4.69) is 10.2 Å². The summed E-state index contributed by atoms with van der Waals surface area (Å²) in [7, 11) is 5.26. The van der Waals surface area contributed by atoms with Crippen LogP contribution in [0.3, 0.4) is 0 Å². The van der Waals surface area contributed by atoms with Crippen LogP contribution < -0.4 is 4.74 Å². The maximum atomic E-state index is 13.2.